The van der Waals surface area contributed by atoms with Crippen LogP contribution >= 0.6 is 59.7 Å². The van der Waals surface area contributed by atoms with Crippen molar-refractivity contribution in [3.8, 4) is 0 Å². The molecular formula is C80H90N4O6S5. The Hall–Kier alpha value is -7.63. The molecular weight excluding hydrogens is 1270 g/mol. The number of ether oxygens (including phenoxy) is 2. The van der Waals surface area contributed by atoms with Gasteiger partial charge in [-0.1, -0.05) is 239 Å². The van der Waals surface area contributed by atoms with Gasteiger partial charge in [0.15, 0.2) is 0 Å². The number of imide groups is 1. The van der Waals surface area contributed by atoms with E-state index in [0.29, 0.717) is 59.3 Å². The number of urea groups is 1. The van der Waals surface area contributed by atoms with Gasteiger partial charge in [0.2, 0.25) is 0 Å². The van der Waals surface area contributed by atoms with Crippen molar-refractivity contribution in [1.82, 2.24) is 10.3 Å². The second-order valence-electron chi connectivity index (χ2n) is 23.0. The van der Waals surface area contributed by atoms with Crippen LogP contribution in [0.1, 0.15) is 155 Å². The van der Waals surface area contributed by atoms with E-state index >= 15 is 0 Å². The first-order valence-electron chi connectivity index (χ1n) is 32.9. The highest BCUT2D eigenvalue weighted by atomic mass is 32.2. The van der Waals surface area contributed by atoms with Crippen molar-refractivity contribution >= 4 is 120 Å². The zero-order valence-corrected chi connectivity index (χ0v) is 59.1. The predicted octanol–water partition coefficient (Wildman–Crippen LogP) is 20.7. The van der Waals surface area contributed by atoms with Gasteiger partial charge < -0.3 is 14.8 Å². The lowest BCUT2D eigenvalue weighted by Gasteiger charge is -2.26. The number of benzene rings is 8. The summed E-state index contributed by atoms with van der Waals surface area (Å²) in [6.45, 7) is 13.4. The summed E-state index contributed by atoms with van der Waals surface area (Å²) >= 11 is 16.4. The van der Waals surface area contributed by atoms with Gasteiger partial charge in [-0.05, 0) is 145 Å². The summed E-state index contributed by atoms with van der Waals surface area (Å²) in [5, 5.41) is 4.08. The van der Waals surface area contributed by atoms with E-state index in [0.717, 1.165) is 76.0 Å². The topological polar surface area (TPSA) is 126 Å². The van der Waals surface area contributed by atoms with Crippen LogP contribution < -0.4 is 16.2 Å². The van der Waals surface area contributed by atoms with Gasteiger partial charge in [-0.15, -0.1) is 30.1 Å². The number of hydrogen-bond donors (Lipinski definition) is 3. The number of carbonyl (C=O) groups is 4. The maximum atomic E-state index is 13.3. The number of nitrogens with zero attached hydrogens (tertiary/aromatic N) is 1. The van der Waals surface area contributed by atoms with Crippen molar-refractivity contribution in [2.24, 2.45) is 5.92 Å². The molecule has 3 atom stereocenters. The molecule has 3 N–H and O–H groups in total. The predicted molar refractivity (Wildman–Crippen MR) is 411 cm³/mol. The number of thiocarbonyl (C=S) groups is 2. The number of thioether (sulfide) groups is 3. The first-order valence-corrected chi connectivity index (χ1v) is 37.0. The van der Waals surface area contributed by atoms with Crippen LogP contribution in [0.15, 0.2) is 219 Å². The number of allylic oxidation sites excluding steroid dienone is 1. The molecule has 1 aliphatic heterocycles. The van der Waals surface area contributed by atoms with Crippen molar-refractivity contribution in [1.29, 1.82) is 0 Å². The van der Waals surface area contributed by atoms with Gasteiger partial charge in [0.1, 0.15) is 0 Å². The van der Waals surface area contributed by atoms with E-state index < -0.39 is 6.03 Å². The smallest absolute Gasteiger partial charge is 0.337 e. The van der Waals surface area contributed by atoms with Gasteiger partial charge in [0.25, 0.3) is 11.8 Å². The number of esters is 1. The minimum absolute atomic E-state index is 0.0552. The average Bonchev–Trinajstić information content (AvgIpc) is 0.745. The summed E-state index contributed by atoms with van der Waals surface area (Å²) in [5.41, 5.74) is 15.9. The Labute approximate surface area is 587 Å². The highest BCUT2D eigenvalue weighted by Gasteiger charge is 2.32. The molecule has 8 aromatic carbocycles. The summed E-state index contributed by atoms with van der Waals surface area (Å²) in [7, 11) is 0. The number of nitrogens with one attached hydrogen (secondary N) is 3. The number of carbonyl (C=O) groups excluding carboxylic acids is 4. The minimum atomic E-state index is -0.496. The van der Waals surface area contributed by atoms with E-state index in [4.69, 9.17) is 33.9 Å². The van der Waals surface area contributed by atoms with Crippen LogP contribution in [0.5, 0.6) is 0 Å². The highest BCUT2D eigenvalue weighted by Crippen LogP contribution is 2.43. The fourth-order valence-electron chi connectivity index (χ4n) is 10.8. The molecule has 10 nitrogen and oxygen atoms in total. The Balaban J connectivity index is 0.000000609. The third kappa shape index (κ3) is 24.8. The fraction of sp³-hybridized carbons (Fsp3) is 0.300. The van der Waals surface area contributed by atoms with Crippen LogP contribution in [-0.2, 0) is 26.4 Å². The van der Waals surface area contributed by atoms with E-state index in [-0.39, 0.29) is 41.4 Å². The lowest BCUT2D eigenvalue weighted by Crippen LogP contribution is -2.40. The Morgan fingerprint density at radius 3 is 1.89 bits per heavy atom. The monoisotopic (exact) mass is 1360 g/mol. The molecule has 0 saturated carbocycles. The zero-order chi connectivity index (χ0) is 67.4. The lowest BCUT2D eigenvalue weighted by atomic mass is 9.87. The van der Waals surface area contributed by atoms with Gasteiger partial charge in [-0.2, -0.15) is 11.8 Å². The number of hydrogen-bond acceptors (Lipinski definition) is 12. The maximum absolute atomic E-state index is 13.3. The Kier molecular flexibility index (Phi) is 33.1. The molecule has 0 bridgehead atoms. The number of amides is 4. The van der Waals surface area contributed by atoms with Crippen LogP contribution in [-0.4, -0.2) is 75.5 Å². The Morgan fingerprint density at radius 1 is 0.642 bits per heavy atom. The molecule has 496 valence electrons. The Bertz CT molecular complexity index is 3670. The SMILES string of the molecule is C=CCCc1ccc(C(CCCC(=O)OCC(CC)COCCCCCCCSCc2ccccc2)CC(SC(=S)c2ccccc2)c2ccc(NC(=O)NNc3ccc4c5c(cccc35)C(=O)N(CC)C4=O)cc2)cc1.C=Cc1ccccc1.CSC(=S)c1ccccc1. The third-order valence-corrected chi connectivity index (χ3v) is 20.4. The number of aryl methyl sites for hydroxylation is 1. The van der Waals surface area contributed by atoms with Gasteiger partial charge in [-0.3, -0.25) is 30.1 Å². The fourth-order valence-corrected chi connectivity index (χ4v) is 14.0. The van der Waals surface area contributed by atoms with E-state index in [1.165, 1.54) is 58.6 Å². The van der Waals surface area contributed by atoms with Crippen LogP contribution in [0, 0.1) is 5.92 Å². The van der Waals surface area contributed by atoms with Crippen molar-refractivity contribution in [3.63, 3.8) is 0 Å². The second-order valence-corrected chi connectivity index (χ2v) is 27.5. The van der Waals surface area contributed by atoms with E-state index in [1.807, 2.05) is 151 Å². The highest BCUT2D eigenvalue weighted by molar-refractivity contribution is 8.24. The van der Waals surface area contributed by atoms with Gasteiger partial charge in [-0.25, -0.2) is 4.79 Å². The molecule has 0 spiro atoms. The molecule has 1 aliphatic rings. The first kappa shape index (κ1) is 74.8. The summed E-state index contributed by atoms with van der Waals surface area (Å²) in [6.07, 6.45) is 17.0. The molecule has 15 heteroatoms. The van der Waals surface area contributed by atoms with Gasteiger partial charge >= 0.3 is 12.0 Å². The van der Waals surface area contributed by atoms with Crippen LogP contribution in [0.25, 0.3) is 16.8 Å². The molecule has 1 heterocycles. The van der Waals surface area contributed by atoms with Gasteiger partial charge in [0, 0.05) is 64.1 Å². The molecule has 0 saturated heterocycles. The molecule has 3 unspecified atom stereocenters. The van der Waals surface area contributed by atoms with Crippen molar-refractivity contribution in [3.05, 3.63) is 269 Å². The Morgan fingerprint density at radius 2 is 1.26 bits per heavy atom. The van der Waals surface area contributed by atoms with Crippen molar-refractivity contribution < 1.29 is 28.7 Å². The molecule has 8 aromatic rings. The van der Waals surface area contributed by atoms with Crippen molar-refractivity contribution in [2.75, 3.05) is 49.1 Å². The summed E-state index contributed by atoms with van der Waals surface area (Å²) < 4.78 is 13.7. The van der Waals surface area contributed by atoms with Crippen LogP contribution in [0.2, 0.25) is 0 Å². The third-order valence-electron chi connectivity index (χ3n) is 16.3. The minimum Gasteiger partial charge on any atom is -0.465 e. The van der Waals surface area contributed by atoms with E-state index in [2.05, 4.69) is 90.8 Å². The largest absolute Gasteiger partial charge is 0.465 e. The number of anilines is 2. The maximum Gasteiger partial charge on any atom is 0.337 e. The number of rotatable bonds is 34. The molecule has 95 heavy (non-hydrogen) atoms. The molecule has 0 aromatic heterocycles. The average molecular weight is 1360 g/mol. The zero-order valence-electron chi connectivity index (χ0n) is 55.0. The number of hydrazine groups is 1. The van der Waals surface area contributed by atoms with Gasteiger partial charge in [0.05, 0.1) is 27.3 Å². The summed E-state index contributed by atoms with van der Waals surface area (Å²) in [6, 6.07) is 65.7. The first-order chi connectivity index (χ1) is 46.4. The molecule has 9 rings (SSSR count). The summed E-state index contributed by atoms with van der Waals surface area (Å²) in [5.74, 6) is 1.70. The van der Waals surface area contributed by atoms with Crippen LogP contribution in [0.3, 0.4) is 0 Å². The lowest BCUT2D eigenvalue weighted by molar-refractivity contribution is -0.145. The molecule has 0 aliphatic carbocycles. The second kappa shape index (κ2) is 42.0. The summed E-state index contributed by atoms with van der Waals surface area (Å²) in [4.78, 5) is 54.1. The molecule has 4 amide bonds. The quantitative estimate of drug-likeness (QED) is 0.00888. The van der Waals surface area contributed by atoms with Crippen molar-refractivity contribution in [2.45, 2.75) is 108 Å². The van der Waals surface area contributed by atoms with E-state index in [9.17, 15) is 19.2 Å². The standard InChI is InChI=1S/C64H74N4O6S3.C8H8S2.C8H8/c1-4-7-21-47-30-32-49(33-31-47)52(26-19-29-59(69)74-44-46(5-2)43-73-40-17-9-8-10-18-41-76-45-48-22-13-11-14-23-48)42-58(77-63(75)51-24-15-12-16-25-51)50-34-36-53(37-35-50)65-64(72)67-66-57-39-38-56-60-54(57)27-20-28-55(60)61(70)68(6-3)62(56)71;1-10-8(9)7-5-3-2-4-6-7;1-2-8-6-4-3-5-7-8/h4,11-16,20,22-25,27-28,30-39,46,52,58,66H,1,5-10,17-19,21,26,29,40-45H2,2-3H3,(H2,65,67,72);2-6H,1H3;2-7H,1H2. The van der Waals surface area contributed by atoms with E-state index in [1.54, 1.807) is 54.7 Å². The normalized spacial score (nSPS) is 12.4. The molecule has 0 fully saturated rings. The molecule has 0 radical (unpaired) electrons. The number of unbranched alkanes of at least 4 members (excludes halogenated alkanes) is 4. The van der Waals surface area contributed by atoms with Crippen LogP contribution in [0.4, 0.5) is 16.2 Å².